The zero-order valence-electron chi connectivity index (χ0n) is 30.2. The number of esters is 1. The predicted molar refractivity (Wildman–Crippen MR) is 188 cm³/mol. The third-order valence-electron chi connectivity index (χ3n) is 8.40. The summed E-state index contributed by atoms with van der Waals surface area (Å²) in [5, 5.41) is 11.6. The molecule has 0 saturated heterocycles. The summed E-state index contributed by atoms with van der Waals surface area (Å²) in [4.78, 5) is 13.5. The van der Waals surface area contributed by atoms with Gasteiger partial charge in [-0.2, -0.15) is 13.2 Å². The SMILES string of the molecule is CO[C@@](C(=O)O[C@H](CC/C=C(\C)CC/C=C(\C)CCC=C(C)C)[C@](C)(O)CC/C=C(\C)CCC=C(C)C)(c1ccccc1)C(F)(F)F. The van der Waals surface area contributed by atoms with Gasteiger partial charge in [-0.25, -0.2) is 4.79 Å². The molecule has 1 aromatic rings. The van der Waals surface area contributed by atoms with Crippen molar-refractivity contribution in [2.24, 2.45) is 0 Å². The lowest BCUT2D eigenvalue weighted by molar-refractivity contribution is -0.281. The lowest BCUT2D eigenvalue weighted by atomic mass is 9.88. The first-order valence-electron chi connectivity index (χ1n) is 16.8. The molecule has 0 aromatic heterocycles. The first-order chi connectivity index (χ1) is 22.0. The van der Waals surface area contributed by atoms with E-state index in [1.54, 1.807) is 6.07 Å². The van der Waals surface area contributed by atoms with Crippen LogP contribution < -0.4 is 0 Å². The van der Waals surface area contributed by atoms with Crippen molar-refractivity contribution in [2.45, 2.75) is 143 Å². The molecular weight excluding hydrogens is 601 g/mol. The number of rotatable bonds is 20. The Balaban J connectivity index is 3.18. The second kappa shape index (κ2) is 20.5. The molecule has 1 rings (SSSR count). The molecule has 0 radical (unpaired) electrons. The number of hydrogen-bond donors (Lipinski definition) is 1. The maximum atomic E-state index is 14.6. The summed E-state index contributed by atoms with van der Waals surface area (Å²) >= 11 is 0. The molecule has 0 aliphatic rings. The fraction of sp³-hybridized carbons (Fsp3) is 0.575. The van der Waals surface area contributed by atoms with E-state index in [9.17, 15) is 23.1 Å². The molecule has 7 heteroatoms. The molecule has 0 bridgehead atoms. The van der Waals surface area contributed by atoms with Crippen molar-refractivity contribution in [2.75, 3.05) is 7.11 Å². The van der Waals surface area contributed by atoms with Crippen LogP contribution in [-0.4, -0.2) is 36.1 Å². The highest BCUT2D eigenvalue weighted by Gasteiger charge is 2.64. The van der Waals surface area contributed by atoms with Gasteiger partial charge in [0, 0.05) is 12.7 Å². The van der Waals surface area contributed by atoms with Crippen LogP contribution in [0.15, 0.2) is 88.6 Å². The third kappa shape index (κ3) is 14.8. The quantitative estimate of drug-likeness (QED) is 0.112. The average Bonchev–Trinajstić information content (AvgIpc) is 2.96. The number of ether oxygens (including phenoxy) is 2. The van der Waals surface area contributed by atoms with Gasteiger partial charge in [0.25, 0.3) is 5.60 Å². The summed E-state index contributed by atoms with van der Waals surface area (Å²) in [5.74, 6) is -1.59. The third-order valence-corrected chi connectivity index (χ3v) is 8.40. The molecule has 0 heterocycles. The van der Waals surface area contributed by atoms with Crippen molar-refractivity contribution >= 4 is 5.97 Å². The number of allylic oxidation sites excluding steroid dienone is 10. The maximum absolute atomic E-state index is 14.6. The number of hydrogen-bond acceptors (Lipinski definition) is 4. The minimum atomic E-state index is -5.10. The Hall–Kier alpha value is -2.90. The highest BCUT2D eigenvalue weighted by Crippen LogP contribution is 2.44. The Kier molecular flexibility index (Phi) is 18.3. The number of alkyl halides is 3. The number of carbonyl (C=O) groups excluding carboxylic acids is 1. The molecule has 0 aliphatic carbocycles. The van der Waals surface area contributed by atoms with Gasteiger partial charge < -0.3 is 14.6 Å². The minimum absolute atomic E-state index is 0.156. The largest absolute Gasteiger partial charge is 0.457 e. The molecule has 47 heavy (non-hydrogen) atoms. The van der Waals surface area contributed by atoms with Gasteiger partial charge in [-0.1, -0.05) is 88.6 Å². The van der Waals surface area contributed by atoms with E-state index in [1.807, 2.05) is 26.0 Å². The number of benzene rings is 1. The van der Waals surface area contributed by atoms with Crippen molar-refractivity contribution < 1.29 is 32.5 Å². The van der Waals surface area contributed by atoms with Crippen LogP contribution in [0, 0.1) is 0 Å². The number of halogens is 3. The van der Waals surface area contributed by atoms with Crippen molar-refractivity contribution in [1.29, 1.82) is 0 Å². The zero-order chi connectivity index (χ0) is 35.7. The van der Waals surface area contributed by atoms with Crippen LogP contribution in [0.5, 0.6) is 0 Å². The fourth-order valence-electron chi connectivity index (χ4n) is 5.38. The molecule has 264 valence electrons. The molecule has 0 amide bonds. The summed E-state index contributed by atoms with van der Waals surface area (Å²) in [6.45, 7) is 16.0. The van der Waals surface area contributed by atoms with Crippen LogP contribution in [0.25, 0.3) is 0 Å². The van der Waals surface area contributed by atoms with Crippen LogP contribution >= 0.6 is 0 Å². The van der Waals surface area contributed by atoms with E-state index in [1.165, 1.54) is 47.9 Å². The molecule has 0 fully saturated rings. The van der Waals surface area contributed by atoms with Gasteiger partial charge in [-0.05, 0) is 120 Å². The van der Waals surface area contributed by atoms with Crippen molar-refractivity contribution in [3.63, 3.8) is 0 Å². The van der Waals surface area contributed by atoms with Crippen LogP contribution in [0.2, 0.25) is 0 Å². The number of carbonyl (C=O) groups is 1. The van der Waals surface area contributed by atoms with Gasteiger partial charge in [0.1, 0.15) is 6.10 Å². The molecular formula is C40H59F3O4. The molecule has 1 N–H and O–H groups in total. The summed E-state index contributed by atoms with van der Waals surface area (Å²) < 4.78 is 54.5. The van der Waals surface area contributed by atoms with E-state index in [0.717, 1.165) is 56.8 Å². The zero-order valence-corrected chi connectivity index (χ0v) is 30.2. The highest BCUT2D eigenvalue weighted by molar-refractivity contribution is 5.83. The lowest BCUT2D eigenvalue weighted by Crippen LogP contribution is -2.54. The summed E-state index contributed by atoms with van der Waals surface area (Å²) in [6.07, 6.45) is 11.2. The van der Waals surface area contributed by atoms with Gasteiger partial charge in [-0.15, -0.1) is 0 Å². The first-order valence-corrected chi connectivity index (χ1v) is 16.8. The Bertz CT molecular complexity index is 1240. The van der Waals surface area contributed by atoms with E-state index in [4.69, 9.17) is 9.47 Å². The monoisotopic (exact) mass is 660 g/mol. The topological polar surface area (TPSA) is 55.8 Å². The maximum Gasteiger partial charge on any atom is 0.432 e. The van der Waals surface area contributed by atoms with Crippen molar-refractivity contribution in [3.8, 4) is 0 Å². The fourth-order valence-corrected chi connectivity index (χ4v) is 5.38. The van der Waals surface area contributed by atoms with E-state index in [0.29, 0.717) is 12.8 Å². The van der Waals surface area contributed by atoms with Crippen LogP contribution in [-0.2, 0) is 19.9 Å². The van der Waals surface area contributed by atoms with Crippen molar-refractivity contribution in [3.05, 3.63) is 94.1 Å². The second-order valence-electron chi connectivity index (χ2n) is 13.4. The second-order valence-corrected chi connectivity index (χ2v) is 13.4. The predicted octanol–water partition coefficient (Wildman–Crippen LogP) is 11.4. The Labute approximate surface area is 282 Å². The Morgan fingerprint density at radius 2 is 1.19 bits per heavy atom. The summed E-state index contributed by atoms with van der Waals surface area (Å²) in [5.41, 5.74) is 0.894. The summed E-state index contributed by atoms with van der Waals surface area (Å²) in [6, 6.07) is 6.77. The van der Waals surface area contributed by atoms with E-state index in [-0.39, 0.29) is 18.4 Å². The van der Waals surface area contributed by atoms with Crippen molar-refractivity contribution in [1.82, 2.24) is 0 Å². The smallest absolute Gasteiger partial charge is 0.432 e. The first kappa shape index (κ1) is 42.1. The van der Waals surface area contributed by atoms with E-state index in [2.05, 4.69) is 52.8 Å². The van der Waals surface area contributed by atoms with E-state index < -0.39 is 29.5 Å². The molecule has 0 aliphatic heterocycles. The van der Waals surface area contributed by atoms with E-state index >= 15 is 0 Å². The number of methoxy groups -OCH3 is 1. The van der Waals surface area contributed by atoms with Gasteiger partial charge in [0.15, 0.2) is 0 Å². The van der Waals surface area contributed by atoms with Gasteiger partial charge >= 0.3 is 12.1 Å². The molecule has 4 nitrogen and oxygen atoms in total. The van der Waals surface area contributed by atoms with Gasteiger partial charge in [-0.3, -0.25) is 0 Å². The normalized spacial score (nSPS) is 16.1. The lowest BCUT2D eigenvalue weighted by Gasteiger charge is -2.37. The molecule has 0 saturated carbocycles. The molecule has 1 aromatic carbocycles. The van der Waals surface area contributed by atoms with Gasteiger partial charge in [0.2, 0.25) is 0 Å². The van der Waals surface area contributed by atoms with Gasteiger partial charge in [0.05, 0.1) is 5.60 Å². The molecule has 3 atom stereocenters. The molecule has 0 unspecified atom stereocenters. The standard InChI is InChI=1S/C40H59F3O4/c1-30(2)18-13-20-32(5)22-15-23-33(6)24-16-28-36(38(8,45)29-17-25-34(7)21-14-19-31(3)4)47-37(44)39(46-9,40(41,42)43)35-26-11-10-12-27-35/h10-12,18-19,22,24-27,36,45H,13-17,20-21,23,28-29H2,1-9H3/b32-22+,33-24+,34-25+/t36-,38-,39-/m1/s1. The van der Waals surface area contributed by atoms with Crippen LogP contribution in [0.1, 0.15) is 125 Å². The minimum Gasteiger partial charge on any atom is -0.457 e. The highest BCUT2D eigenvalue weighted by atomic mass is 19.4. The number of aliphatic hydroxyl groups is 1. The van der Waals surface area contributed by atoms with Crippen LogP contribution in [0.4, 0.5) is 13.2 Å². The Morgan fingerprint density at radius 1 is 0.745 bits per heavy atom. The molecule has 0 spiro atoms. The Morgan fingerprint density at radius 3 is 1.64 bits per heavy atom. The van der Waals surface area contributed by atoms with Crippen LogP contribution in [0.3, 0.4) is 0 Å². The average molecular weight is 661 g/mol. The summed E-state index contributed by atoms with van der Waals surface area (Å²) in [7, 11) is 0.849.